The highest BCUT2D eigenvalue weighted by Gasteiger charge is 2.19. The number of likely N-dealkylation sites (N-methyl/N-ethyl adjacent to an activating group) is 1. The van der Waals surface area contributed by atoms with E-state index in [4.69, 9.17) is 9.47 Å². The summed E-state index contributed by atoms with van der Waals surface area (Å²) in [5.41, 5.74) is 5.02. The molecule has 0 bridgehead atoms. The number of rotatable bonds is 16. The zero-order chi connectivity index (χ0) is 31.9. The van der Waals surface area contributed by atoms with E-state index in [1.165, 1.54) is 35.2 Å². The van der Waals surface area contributed by atoms with Gasteiger partial charge in [0, 0.05) is 25.7 Å². The molecule has 4 rings (SSSR count). The summed E-state index contributed by atoms with van der Waals surface area (Å²) in [7, 11) is 1.52. The van der Waals surface area contributed by atoms with Gasteiger partial charge >= 0.3 is 6.09 Å². The van der Waals surface area contributed by atoms with E-state index in [0.29, 0.717) is 43.9 Å². The number of hydrogen-bond acceptors (Lipinski definition) is 5. The predicted octanol–water partition coefficient (Wildman–Crippen LogP) is 6.44. The highest BCUT2D eigenvalue weighted by molar-refractivity contribution is 5.82. The zero-order valence-electron chi connectivity index (χ0n) is 26.0. The van der Waals surface area contributed by atoms with Gasteiger partial charge in [-0.2, -0.15) is 0 Å². The van der Waals surface area contributed by atoms with E-state index in [1.54, 1.807) is 0 Å². The van der Waals surface area contributed by atoms with E-state index >= 15 is 0 Å². The maximum absolute atomic E-state index is 14.6. The quantitative estimate of drug-likeness (QED) is 0.143. The molecule has 4 aromatic carbocycles. The van der Waals surface area contributed by atoms with Crippen molar-refractivity contribution in [1.29, 1.82) is 0 Å². The standard InChI is InChI=1S/C37H42FN3O4/c1-3-28-15-10-16-31(19-28)24-39-18-17-34(40-36(42)25-41(2)37(43)45-27-30-13-8-5-9-14-30)21-32-20-33(38)23-35(22-32)44-26-29-11-6-4-7-12-29/h4-16,19-20,22-23,34,39H,3,17-18,21,24-27H2,1-2H3,(H,40,42)/t34-/m1/s1. The normalized spacial score (nSPS) is 11.4. The van der Waals surface area contributed by atoms with Gasteiger partial charge in [0.1, 0.15) is 31.3 Å². The molecule has 0 saturated carbocycles. The van der Waals surface area contributed by atoms with Gasteiger partial charge < -0.3 is 25.0 Å². The summed E-state index contributed by atoms with van der Waals surface area (Å²) in [6, 6.07) is 31.8. The smallest absolute Gasteiger partial charge is 0.410 e. The fraction of sp³-hybridized carbons (Fsp3) is 0.297. The van der Waals surface area contributed by atoms with Crippen LogP contribution in [0.15, 0.2) is 103 Å². The SMILES string of the molecule is CCc1cccc(CNCC[C@H](Cc2cc(F)cc(OCc3ccccc3)c2)NC(=O)CN(C)C(=O)OCc2ccccc2)c1. The lowest BCUT2D eigenvalue weighted by Crippen LogP contribution is -2.44. The van der Waals surface area contributed by atoms with Crippen LogP contribution in [0, 0.1) is 5.82 Å². The van der Waals surface area contributed by atoms with Crippen LogP contribution in [0.25, 0.3) is 0 Å². The first-order chi connectivity index (χ1) is 21.9. The third-order valence-electron chi connectivity index (χ3n) is 7.32. The Hall–Kier alpha value is -4.69. The minimum atomic E-state index is -0.591. The molecule has 0 spiro atoms. The van der Waals surface area contributed by atoms with Crippen LogP contribution in [-0.4, -0.2) is 43.1 Å². The lowest BCUT2D eigenvalue weighted by atomic mass is 10.0. The van der Waals surface area contributed by atoms with Crippen molar-refractivity contribution in [2.45, 2.75) is 52.0 Å². The van der Waals surface area contributed by atoms with Crippen LogP contribution in [0.2, 0.25) is 0 Å². The van der Waals surface area contributed by atoms with Crippen molar-refractivity contribution in [3.63, 3.8) is 0 Å². The Morgan fingerprint density at radius 2 is 1.47 bits per heavy atom. The predicted molar refractivity (Wildman–Crippen MR) is 174 cm³/mol. The van der Waals surface area contributed by atoms with E-state index in [2.05, 4.69) is 41.8 Å². The van der Waals surface area contributed by atoms with Gasteiger partial charge in [-0.25, -0.2) is 9.18 Å². The molecule has 1 atom stereocenters. The van der Waals surface area contributed by atoms with E-state index in [0.717, 1.165) is 17.5 Å². The lowest BCUT2D eigenvalue weighted by molar-refractivity contribution is -0.122. The molecule has 0 aromatic heterocycles. The Morgan fingerprint density at radius 3 is 2.18 bits per heavy atom. The van der Waals surface area contributed by atoms with Gasteiger partial charge in [0.25, 0.3) is 0 Å². The van der Waals surface area contributed by atoms with Crippen molar-refractivity contribution < 1.29 is 23.5 Å². The van der Waals surface area contributed by atoms with E-state index < -0.39 is 11.9 Å². The minimum Gasteiger partial charge on any atom is -0.489 e. The molecule has 0 radical (unpaired) electrons. The van der Waals surface area contributed by atoms with E-state index in [1.807, 2.05) is 66.7 Å². The largest absolute Gasteiger partial charge is 0.489 e. The van der Waals surface area contributed by atoms with Crippen LogP contribution in [0.1, 0.15) is 41.2 Å². The summed E-state index contributed by atoms with van der Waals surface area (Å²) < 4.78 is 25.9. The van der Waals surface area contributed by atoms with Gasteiger partial charge in [-0.1, -0.05) is 91.9 Å². The monoisotopic (exact) mass is 611 g/mol. The van der Waals surface area contributed by atoms with Gasteiger partial charge in [-0.3, -0.25) is 4.79 Å². The molecule has 0 fully saturated rings. The molecule has 0 unspecified atom stereocenters. The number of carbonyl (C=O) groups excluding carboxylic acids is 2. The summed E-state index contributed by atoms with van der Waals surface area (Å²) in [5, 5.41) is 6.51. The Balaban J connectivity index is 1.36. The summed E-state index contributed by atoms with van der Waals surface area (Å²) in [6.07, 6.45) is 1.37. The number of nitrogens with zero attached hydrogens (tertiary/aromatic N) is 1. The second kappa shape index (κ2) is 17.6. The van der Waals surface area contributed by atoms with Crippen LogP contribution < -0.4 is 15.4 Å². The number of halogens is 1. The van der Waals surface area contributed by atoms with Gasteiger partial charge in [0.15, 0.2) is 0 Å². The topological polar surface area (TPSA) is 79.9 Å². The van der Waals surface area contributed by atoms with Crippen LogP contribution in [-0.2, 0) is 42.1 Å². The van der Waals surface area contributed by atoms with Crippen molar-refractivity contribution in [2.24, 2.45) is 0 Å². The van der Waals surface area contributed by atoms with Crippen molar-refractivity contribution in [1.82, 2.24) is 15.5 Å². The molecule has 45 heavy (non-hydrogen) atoms. The van der Waals surface area contributed by atoms with E-state index in [9.17, 15) is 14.0 Å². The Morgan fingerprint density at radius 1 is 0.800 bits per heavy atom. The molecule has 8 heteroatoms. The molecule has 4 aromatic rings. The Bertz CT molecular complexity index is 1500. The van der Waals surface area contributed by atoms with Crippen LogP contribution in [0.5, 0.6) is 5.75 Å². The first-order valence-electron chi connectivity index (χ1n) is 15.3. The van der Waals surface area contributed by atoms with Crippen LogP contribution in [0.3, 0.4) is 0 Å². The number of carbonyl (C=O) groups is 2. The van der Waals surface area contributed by atoms with Crippen molar-refractivity contribution in [3.8, 4) is 5.75 Å². The van der Waals surface area contributed by atoms with Gasteiger partial charge in [-0.15, -0.1) is 0 Å². The summed E-state index contributed by atoms with van der Waals surface area (Å²) >= 11 is 0. The average Bonchev–Trinajstić information content (AvgIpc) is 3.05. The molecule has 0 heterocycles. The number of hydrogen-bond donors (Lipinski definition) is 2. The molecule has 7 nitrogen and oxygen atoms in total. The third kappa shape index (κ3) is 11.7. The van der Waals surface area contributed by atoms with Gasteiger partial charge in [0.2, 0.25) is 5.91 Å². The second-order valence-corrected chi connectivity index (χ2v) is 11.1. The van der Waals surface area contributed by atoms with E-state index in [-0.39, 0.29) is 25.1 Å². The van der Waals surface area contributed by atoms with Gasteiger partial charge in [-0.05, 0) is 65.8 Å². The third-order valence-corrected chi connectivity index (χ3v) is 7.32. The fourth-order valence-electron chi connectivity index (χ4n) is 4.92. The second-order valence-electron chi connectivity index (χ2n) is 11.1. The highest BCUT2D eigenvalue weighted by Crippen LogP contribution is 2.20. The average molecular weight is 612 g/mol. The molecular formula is C37H42FN3O4. The number of benzene rings is 4. The molecule has 0 aliphatic carbocycles. The molecule has 0 aliphatic heterocycles. The number of nitrogens with one attached hydrogen (secondary N) is 2. The lowest BCUT2D eigenvalue weighted by Gasteiger charge is -2.22. The number of amides is 2. The molecule has 2 N–H and O–H groups in total. The zero-order valence-corrected chi connectivity index (χ0v) is 26.0. The maximum Gasteiger partial charge on any atom is 0.410 e. The molecule has 0 aliphatic rings. The summed E-state index contributed by atoms with van der Waals surface area (Å²) in [4.78, 5) is 26.8. The van der Waals surface area contributed by atoms with Crippen molar-refractivity contribution >= 4 is 12.0 Å². The molecule has 0 saturated heterocycles. The number of aryl methyl sites for hydroxylation is 1. The summed E-state index contributed by atoms with van der Waals surface area (Å²) in [6.45, 7) is 3.72. The number of ether oxygens (including phenoxy) is 2. The molecule has 2 amide bonds. The van der Waals surface area contributed by atoms with Crippen LogP contribution >= 0.6 is 0 Å². The first-order valence-corrected chi connectivity index (χ1v) is 15.3. The molecule has 236 valence electrons. The summed E-state index contributed by atoms with van der Waals surface area (Å²) in [5.74, 6) is -0.309. The van der Waals surface area contributed by atoms with Crippen LogP contribution in [0.4, 0.5) is 9.18 Å². The minimum absolute atomic E-state index is 0.120. The Labute approximate surface area is 265 Å². The highest BCUT2D eigenvalue weighted by atomic mass is 19.1. The van der Waals surface area contributed by atoms with Crippen molar-refractivity contribution in [2.75, 3.05) is 20.1 Å². The maximum atomic E-state index is 14.6. The first kappa shape index (κ1) is 33.2. The van der Waals surface area contributed by atoms with Gasteiger partial charge in [0.05, 0.1) is 0 Å². The molecular weight excluding hydrogens is 569 g/mol. The Kier molecular flexibility index (Phi) is 13.0. The fourth-order valence-corrected chi connectivity index (χ4v) is 4.92. The van der Waals surface area contributed by atoms with Crippen molar-refractivity contribution in [3.05, 3.63) is 137 Å².